The molecule has 1 N–H and O–H groups in total. The number of fused-ring (bicyclic) bond motifs is 2. The van der Waals surface area contributed by atoms with Crippen LogP contribution in [0.1, 0.15) is 42.2 Å². The molecule has 1 aliphatic carbocycles. The molecule has 1 aromatic carbocycles. The third kappa shape index (κ3) is 3.38. The van der Waals surface area contributed by atoms with Crippen LogP contribution in [0.25, 0.3) is 0 Å². The predicted molar refractivity (Wildman–Crippen MR) is 96.7 cm³/mol. The molecule has 0 radical (unpaired) electrons. The van der Waals surface area contributed by atoms with Crippen molar-refractivity contribution in [2.45, 2.75) is 37.3 Å². The Hall–Kier alpha value is -1.63. The van der Waals surface area contributed by atoms with E-state index in [1.54, 1.807) is 6.26 Å². The summed E-state index contributed by atoms with van der Waals surface area (Å²) >= 11 is 0. The molecular weight excluding hydrogens is 336 g/mol. The molecule has 2 aliphatic rings. The van der Waals surface area contributed by atoms with Gasteiger partial charge in [-0.05, 0) is 61.0 Å². The SMILES string of the molecule is CS(=O)(=O)N[C@@H]1CC2(CCN(Cc3ccco3)CC2)c2ccccc21. The van der Waals surface area contributed by atoms with E-state index in [2.05, 4.69) is 27.8 Å². The van der Waals surface area contributed by atoms with E-state index < -0.39 is 10.0 Å². The molecule has 0 bridgehead atoms. The highest BCUT2D eigenvalue weighted by Crippen LogP contribution is 2.50. The van der Waals surface area contributed by atoms with Gasteiger partial charge in [-0.2, -0.15) is 0 Å². The molecule has 0 saturated carbocycles. The minimum absolute atomic E-state index is 0.0820. The van der Waals surface area contributed by atoms with Crippen LogP contribution in [0.3, 0.4) is 0 Å². The summed E-state index contributed by atoms with van der Waals surface area (Å²) in [6, 6.07) is 12.2. The second-order valence-electron chi connectivity index (χ2n) is 7.37. The molecule has 1 fully saturated rings. The number of likely N-dealkylation sites (tertiary alicyclic amines) is 1. The molecule has 134 valence electrons. The molecule has 1 atom stereocenters. The van der Waals surface area contributed by atoms with E-state index in [1.807, 2.05) is 18.2 Å². The number of nitrogens with one attached hydrogen (secondary N) is 1. The van der Waals surface area contributed by atoms with E-state index >= 15 is 0 Å². The standard InChI is InChI=1S/C19H24N2O3S/c1-25(22,23)20-18-13-19(17-7-3-2-6-16(17)18)8-10-21(11-9-19)14-15-5-4-12-24-15/h2-7,12,18,20H,8-11,13-14H2,1H3/t18-/m1/s1. The van der Waals surface area contributed by atoms with Crippen LogP contribution in [0.5, 0.6) is 0 Å². The van der Waals surface area contributed by atoms with E-state index in [4.69, 9.17) is 4.42 Å². The highest BCUT2D eigenvalue weighted by molar-refractivity contribution is 7.88. The van der Waals surface area contributed by atoms with Gasteiger partial charge in [-0.15, -0.1) is 0 Å². The number of nitrogens with zero attached hydrogens (tertiary/aromatic N) is 1. The monoisotopic (exact) mass is 360 g/mol. The van der Waals surface area contributed by atoms with E-state index in [0.717, 1.165) is 50.2 Å². The van der Waals surface area contributed by atoms with Gasteiger partial charge >= 0.3 is 0 Å². The average Bonchev–Trinajstić information content (AvgIpc) is 3.17. The molecule has 1 spiro atoms. The molecule has 2 heterocycles. The summed E-state index contributed by atoms with van der Waals surface area (Å²) in [5.41, 5.74) is 2.56. The highest BCUT2D eigenvalue weighted by atomic mass is 32.2. The van der Waals surface area contributed by atoms with Gasteiger partial charge in [-0.25, -0.2) is 13.1 Å². The first-order chi connectivity index (χ1) is 12.0. The Bertz CT molecular complexity index is 837. The maximum Gasteiger partial charge on any atom is 0.209 e. The van der Waals surface area contributed by atoms with Crippen LogP contribution in [-0.4, -0.2) is 32.7 Å². The van der Waals surface area contributed by atoms with Gasteiger partial charge in [-0.1, -0.05) is 24.3 Å². The third-order valence-corrected chi connectivity index (χ3v) is 6.34. The Kier molecular flexibility index (Phi) is 4.22. The summed E-state index contributed by atoms with van der Waals surface area (Å²) in [6.45, 7) is 2.84. The molecule has 6 heteroatoms. The molecule has 1 aliphatic heterocycles. The summed E-state index contributed by atoms with van der Waals surface area (Å²) in [5.74, 6) is 0.999. The Morgan fingerprint density at radius 2 is 1.96 bits per heavy atom. The van der Waals surface area contributed by atoms with Crippen LogP contribution >= 0.6 is 0 Å². The van der Waals surface area contributed by atoms with Crippen LogP contribution in [0.4, 0.5) is 0 Å². The van der Waals surface area contributed by atoms with Crippen molar-refractivity contribution in [3.05, 3.63) is 59.5 Å². The lowest BCUT2D eigenvalue weighted by Gasteiger charge is -2.40. The van der Waals surface area contributed by atoms with Crippen LogP contribution in [0.15, 0.2) is 47.1 Å². The van der Waals surface area contributed by atoms with Crippen molar-refractivity contribution in [3.8, 4) is 0 Å². The second kappa shape index (κ2) is 6.27. The van der Waals surface area contributed by atoms with Crippen LogP contribution in [0.2, 0.25) is 0 Å². The van der Waals surface area contributed by atoms with E-state index in [0.29, 0.717) is 0 Å². The molecular formula is C19H24N2O3S. The first-order valence-corrected chi connectivity index (χ1v) is 10.7. The average molecular weight is 360 g/mol. The van der Waals surface area contributed by atoms with Gasteiger partial charge in [0.1, 0.15) is 5.76 Å². The quantitative estimate of drug-likeness (QED) is 0.911. The fourth-order valence-corrected chi connectivity index (χ4v) is 5.22. The number of hydrogen-bond acceptors (Lipinski definition) is 4. The van der Waals surface area contributed by atoms with Crippen LogP contribution < -0.4 is 4.72 Å². The van der Waals surface area contributed by atoms with Gasteiger partial charge in [0, 0.05) is 6.04 Å². The fourth-order valence-electron chi connectivity index (χ4n) is 4.49. The second-order valence-corrected chi connectivity index (χ2v) is 9.15. The lowest BCUT2D eigenvalue weighted by atomic mass is 9.73. The number of hydrogen-bond donors (Lipinski definition) is 1. The number of benzene rings is 1. The number of furan rings is 1. The largest absolute Gasteiger partial charge is 0.468 e. The zero-order valence-corrected chi connectivity index (χ0v) is 15.3. The Morgan fingerprint density at radius 1 is 1.20 bits per heavy atom. The van der Waals surface area contributed by atoms with Gasteiger partial charge in [0.15, 0.2) is 0 Å². The highest BCUT2D eigenvalue weighted by Gasteiger charge is 2.45. The zero-order valence-electron chi connectivity index (χ0n) is 14.4. The van der Waals surface area contributed by atoms with Crippen LogP contribution in [-0.2, 0) is 22.0 Å². The van der Waals surface area contributed by atoms with Gasteiger partial charge in [0.2, 0.25) is 10.0 Å². The predicted octanol–water partition coefficient (Wildman–Crippen LogP) is 2.81. The van der Waals surface area contributed by atoms with Crippen LogP contribution in [0, 0.1) is 0 Å². The molecule has 1 aromatic heterocycles. The van der Waals surface area contributed by atoms with Crippen molar-refractivity contribution in [2.24, 2.45) is 0 Å². The van der Waals surface area contributed by atoms with Gasteiger partial charge in [0.25, 0.3) is 0 Å². The summed E-state index contributed by atoms with van der Waals surface area (Å²) < 4.78 is 31.8. The van der Waals surface area contributed by atoms with Crippen molar-refractivity contribution >= 4 is 10.0 Å². The molecule has 0 unspecified atom stereocenters. The molecule has 25 heavy (non-hydrogen) atoms. The van der Waals surface area contributed by atoms with Gasteiger partial charge < -0.3 is 4.42 Å². The molecule has 1 saturated heterocycles. The topological polar surface area (TPSA) is 62.6 Å². The van der Waals surface area contributed by atoms with Crippen molar-refractivity contribution < 1.29 is 12.8 Å². The minimum Gasteiger partial charge on any atom is -0.468 e. The Labute approximate surface area is 149 Å². The van der Waals surface area contributed by atoms with Crippen molar-refractivity contribution in [3.63, 3.8) is 0 Å². The normalized spacial score (nSPS) is 23.0. The number of piperidine rings is 1. The first-order valence-electron chi connectivity index (χ1n) is 8.77. The zero-order chi connectivity index (χ0) is 17.5. The van der Waals surface area contributed by atoms with Gasteiger partial charge in [-0.3, -0.25) is 4.90 Å². The van der Waals surface area contributed by atoms with E-state index in [-0.39, 0.29) is 11.5 Å². The number of rotatable bonds is 4. The lowest BCUT2D eigenvalue weighted by Crippen LogP contribution is -2.41. The van der Waals surface area contributed by atoms with E-state index in [9.17, 15) is 8.42 Å². The Balaban J connectivity index is 1.53. The molecule has 5 nitrogen and oxygen atoms in total. The summed E-state index contributed by atoms with van der Waals surface area (Å²) in [6.07, 6.45) is 5.91. The first kappa shape index (κ1) is 16.8. The summed E-state index contributed by atoms with van der Waals surface area (Å²) in [4.78, 5) is 2.42. The van der Waals surface area contributed by atoms with E-state index in [1.165, 1.54) is 11.8 Å². The molecule has 0 amide bonds. The molecule has 2 aromatic rings. The third-order valence-electron chi connectivity index (χ3n) is 5.63. The van der Waals surface area contributed by atoms with Crippen molar-refractivity contribution in [1.82, 2.24) is 9.62 Å². The maximum atomic E-state index is 11.8. The lowest BCUT2D eigenvalue weighted by molar-refractivity contribution is 0.140. The summed E-state index contributed by atoms with van der Waals surface area (Å²) in [7, 11) is -3.22. The summed E-state index contributed by atoms with van der Waals surface area (Å²) in [5, 5.41) is 0. The van der Waals surface area contributed by atoms with Crippen molar-refractivity contribution in [2.75, 3.05) is 19.3 Å². The number of sulfonamides is 1. The van der Waals surface area contributed by atoms with Gasteiger partial charge in [0.05, 0.1) is 19.1 Å². The van der Waals surface area contributed by atoms with Crippen molar-refractivity contribution in [1.29, 1.82) is 0 Å². The Morgan fingerprint density at radius 3 is 2.64 bits per heavy atom. The smallest absolute Gasteiger partial charge is 0.209 e. The molecule has 4 rings (SSSR count). The fraction of sp³-hybridized carbons (Fsp3) is 0.474. The minimum atomic E-state index is -3.22. The maximum absolute atomic E-state index is 11.8.